The lowest BCUT2D eigenvalue weighted by Gasteiger charge is -2.35. The van der Waals surface area contributed by atoms with Crippen LogP contribution >= 0.6 is 12.2 Å². The van der Waals surface area contributed by atoms with Gasteiger partial charge in [0.15, 0.2) is 5.11 Å². The Balaban J connectivity index is 1.93. The van der Waals surface area contributed by atoms with Gasteiger partial charge in [0.1, 0.15) is 5.57 Å². The van der Waals surface area contributed by atoms with E-state index in [1.165, 1.54) is 9.80 Å². The molecule has 2 heterocycles. The SMILES string of the molecule is CCN1C(=O)C(=Cc2ccc(N3CCOCC3)cc2C)C(=O)N(CC)C1=S. The molecule has 2 aliphatic rings. The molecule has 0 bridgehead atoms. The van der Waals surface area contributed by atoms with Gasteiger partial charge in [-0.05, 0) is 62.3 Å². The van der Waals surface area contributed by atoms with Crippen LogP contribution in [0.3, 0.4) is 0 Å². The lowest BCUT2D eigenvalue weighted by Crippen LogP contribution is -2.55. The summed E-state index contributed by atoms with van der Waals surface area (Å²) in [5.74, 6) is -0.650. The van der Waals surface area contributed by atoms with E-state index < -0.39 is 0 Å². The normalized spacial score (nSPS) is 18.4. The predicted octanol–water partition coefficient (Wildman–Crippen LogP) is 2.21. The number of ether oxygens (including phenoxy) is 1. The van der Waals surface area contributed by atoms with E-state index in [-0.39, 0.29) is 22.5 Å². The molecule has 2 amide bonds. The van der Waals surface area contributed by atoms with Crippen molar-refractivity contribution < 1.29 is 14.3 Å². The minimum atomic E-state index is -0.325. The van der Waals surface area contributed by atoms with Gasteiger partial charge in [-0.15, -0.1) is 0 Å². The van der Waals surface area contributed by atoms with Gasteiger partial charge < -0.3 is 9.64 Å². The van der Waals surface area contributed by atoms with E-state index in [0.29, 0.717) is 13.1 Å². The summed E-state index contributed by atoms with van der Waals surface area (Å²) in [4.78, 5) is 30.8. The van der Waals surface area contributed by atoms with Gasteiger partial charge in [-0.1, -0.05) is 6.07 Å². The molecular formula is C20H25N3O3S. The third kappa shape index (κ3) is 3.75. The molecular weight excluding hydrogens is 362 g/mol. The van der Waals surface area contributed by atoms with E-state index in [1.54, 1.807) is 6.08 Å². The molecule has 0 aromatic heterocycles. The quantitative estimate of drug-likeness (QED) is 0.450. The van der Waals surface area contributed by atoms with E-state index in [1.807, 2.05) is 32.9 Å². The summed E-state index contributed by atoms with van der Waals surface area (Å²) in [5, 5.41) is 0.284. The number of aryl methyl sites for hydroxylation is 1. The minimum Gasteiger partial charge on any atom is -0.378 e. The molecule has 144 valence electrons. The van der Waals surface area contributed by atoms with Gasteiger partial charge >= 0.3 is 0 Å². The Kier molecular flexibility index (Phi) is 5.92. The highest BCUT2D eigenvalue weighted by Crippen LogP contribution is 2.25. The molecule has 0 atom stereocenters. The molecule has 0 radical (unpaired) electrons. The first-order valence-corrected chi connectivity index (χ1v) is 9.71. The van der Waals surface area contributed by atoms with Gasteiger partial charge in [0, 0.05) is 31.9 Å². The van der Waals surface area contributed by atoms with Crippen molar-refractivity contribution in [1.29, 1.82) is 0 Å². The molecule has 2 aliphatic heterocycles. The maximum atomic E-state index is 12.8. The summed E-state index contributed by atoms with van der Waals surface area (Å²) in [5.41, 5.74) is 3.18. The maximum Gasteiger partial charge on any atom is 0.265 e. The molecule has 3 rings (SSSR count). The Morgan fingerprint density at radius 3 is 2.19 bits per heavy atom. The minimum absolute atomic E-state index is 0.162. The van der Waals surface area contributed by atoms with Crippen LogP contribution in [0.1, 0.15) is 25.0 Å². The van der Waals surface area contributed by atoms with Crippen LogP contribution in [0.15, 0.2) is 23.8 Å². The van der Waals surface area contributed by atoms with Gasteiger partial charge in [0.2, 0.25) is 0 Å². The van der Waals surface area contributed by atoms with Crippen LogP contribution in [0.5, 0.6) is 0 Å². The predicted molar refractivity (Wildman–Crippen MR) is 110 cm³/mol. The highest BCUT2D eigenvalue weighted by Gasteiger charge is 2.37. The van der Waals surface area contributed by atoms with E-state index in [4.69, 9.17) is 17.0 Å². The highest BCUT2D eigenvalue weighted by molar-refractivity contribution is 7.80. The second-order valence-electron chi connectivity index (χ2n) is 6.58. The van der Waals surface area contributed by atoms with Crippen LogP contribution in [-0.4, -0.2) is 66.1 Å². The van der Waals surface area contributed by atoms with E-state index in [0.717, 1.165) is 43.1 Å². The van der Waals surface area contributed by atoms with E-state index >= 15 is 0 Å². The first-order chi connectivity index (χ1) is 13.0. The van der Waals surface area contributed by atoms with Gasteiger partial charge in [-0.2, -0.15) is 0 Å². The number of morpholine rings is 1. The van der Waals surface area contributed by atoms with Crippen molar-refractivity contribution in [1.82, 2.24) is 9.80 Å². The smallest absolute Gasteiger partial charge is 0.265 e. The Labute approximate surface area is 165 Å². The summed E-state index contributed by atoms with van der Waals surface area (Å²) < 4.78 is 5.40. The molecule has 2 fully saturated rings. The van der Waals surface area contributed by atoms with Crippen molar-refractivity contribution in [3.63, 3.8) is 0 Å². The number of hydrogen-bond acceptors (Lipinski definition) is 5. The Hall–Kier alpha value is -2.25. The number of nitrogens with zero attached hydrogens (tertiary/aromatic N) is 3. The third-order valence-electron chi connectivity index (χ3n) is 4.97. The van der Waals surface area contributed by atoms with E-state index in [2.05, 4.69) is 11.0 Å². The lowest BCUT2D eigenvalue weighted by molar-refractivity contribution is -0.133. The number of rotatable bonds is 4. The summed E-state index contributed by atoms with van der Waals surface area (Å²) >= 11 is 5.30. The number of carbonyl (C=O) groups excluding carboxylic acids is 2. The molecule has 1 aromatic carbocycles. The molecule has 1 aromatic rings. The summed E-state index contributed by atoms with van der Waals surface area (Å²) in [6.45, 7) is 9.77. The second-order valence-corrected chi connectivity index (χ2v) is 6.94. The third-order valence-corrected chi connectivity index (χ3v) is 5.42. The van der Waals surface area contributed by atoms with Gasteiger partial charge in [-0.25, -0.2) is 0 Å². The van der Waals surface area contributed by atoms with Crippen LogP contribution in [0.2, 0.25) is 0 Å². The zero-order valence-electron chi connectivity index (χ0n) is 16.0. The largest absolute Gasteiger partial charge is 0.378 e. The number of amides is 2. The monoisotopic (exact) mass is 387 g/mol. The van der Waals surface area contributed by atoms with Crippen molar-refractivity contribution >= 4 is 40.9 Å². The molecule has 6 nitrogen and oxygen atoms in total. The zero-order chi connectivity index (χ0) is 19.6. The van der Waals surface area contributed by atoms with Crippen LogP contribution in [0.4, 0.5) is 5.69 Å². The number of benzene rings is 1. The van der Waals surface area contributed by atoms with E-state index in [9.17, 15) is 9.59 Å². The lowest BCUT2D eigenvalue weighted by atomic mass is 10.0. The van der Waals surface area contributed by atoms with Gasteiger partial charge in [0.05, 0.1) is 13.2 Å². The number of thiocarbonyl (C=S) groups is 1. The van der Waals surface area contributed by atoms with Gasteiger partial charge in [-0.3, -0.25) is 19.4 Å². The molecule has 27 heavy (non-hydrogen) atoms. The molecule has 7 heteroatoms. The highest BCUT2D eigenvalue weighted by atomic mass is 32.1. The first kappa shape index (κ1) is 19.5. The Morgan fingerprint density at radius 2 is 1.67 bits per heavy atom. The van der Waals surface area contributed by atoms with Crippen molar-refractivity contribution in [3.05, 3.63) is 34.9 Å². The van der Waals surface area contributed by atoms with Crippen LogP contribution in [-0.2, 0) is 14.3 Å². The molecule has 0 spiro atoms. The van der Waals surface area contributed by atoms with Gasteiger partial charge in [0.25, 0.3) is 11.8 Å². The number of carbonyl (C=O) groups is 2. The molecule has 2 saturated heterocycles. The standard InChI is InChI=1S/C20H25N3O3S/c1-4-22-18(24)17(19(25)23(5-2)20(22)27)13-15-6-7-16(12-14(15)3)21-8-10-26-11-9-21/h6-7,12-13H,4-5,8-11H2,1-3H3. The number of anilines is 1. The summed E-state index contributed by atoms with van der Waals surface area (Å²) in [6, 6.07) is 6.09. The average molecular weight is 388 g/mol. The molecule has 0 saturated carbocycles. The van der Waals surface area contributed by atoms with Crippen molar-refractivity contribution in [3.8, 4) is 0 Å². The summed E-state index contributed by atoms with van der Waals surface area (Å²) in [7, 11) is 0. The number of hydrogen-bond donors (Lipinski definition) is 0. The number of likely N-dealkylation sites (N-methyl/N-ethyl adjacent to an activating group) is 2. The molecule has 0 aliphatic carbocycles. The Morgan fingerprint density at radius 1 is 1.07 bits per heavy atom. The fourth-order valence-corrected chi connectivity index (χ4v) is 3.80. The van der Waals surface area contributed by atoms with Crippen molar-refractivity contribution in [2.24, 2.45) is 0 Å². The fraction of sp³-hybridized carbons (Fsp3) is 0.450. The molecule has 0 unspecified atom stereocenters. The maximum absolute atomic E-state index is 12.8. The zero-order valence-corrected chi connectivity index (χ0v) is 16.8. The Bertz CT molecular complexity index is 772. The first-order valence-electron chi connectivity index (χ1n) is 9.30. The second kappa shape index (κ2) is 8.19. The molecule has 0 N–H and O–H groups in total. The topological polar surface area (TPSA) is 53.1 Å². The summed E-state index contributed by atoms with van der Waals surface area (Å²) in [6.07, 6.45) is 1.69. The average Bonchev–Trinajstić information content (AvgIpc) is 2.67. The fourth-order valence-electron chi connectivity index (χ4n) is 3.38. The van der Waals surface area contributed by atoms with Crippen LogP contribution < -0.4 is 4.90 Å². The van der Waals surface area contributed by atoms with Crippen LogP contribution in [0.25, 0.3) is 6.08 Å². The van der Waals surface area contributed by atoms with Crippen LogP contribution in [0, 0.1) is 6.92 Å². The van der Waals surface area contributed by atoms with Crippen molar-refractivity contribution in [2.75, 3.05) is 44.3 Å². The van der Waals surface area contributed by atoms with Crippen molar-refractivity contribution in [2.45, 2.75) is 20.8 Å².